The van der Waals surface area contributed by atoms with Gasteiger partial charge in [0.2, 0.25) is 16.0 Å². The van der Waals surface area contributed by atoms with E-state index in [1.54, 1.807) is 0 Å². The number of sulfonamides is 1. The summed E-state index contributed by atoms with van der Waals surface area (Å²) >= 11 is 0. The summed E-state index contributed by atoms with van der Waals surface area (Å²) in [7, 11) is -2.33. The van der Waals surface area contributed by atoms with E-state index in [2.05, 4.69) is 43.0 Å². The average molecular weight is 583 g/mol. The number of nitrogens with one attached hydrogen (secondary N) is 1. The Labute approximate surface area is 237 Å². The first-order valence-corrected chi connectivity index (χ1v) is 14.9. The Kier molecular flexibility index (Phi) is 13.8. The van der Waals surface area contributed by atoms with Crippen LogP contribution in [0.5, 0.6) is 0 Å². The van der Waals surface area contributed by atoms with E-state index in [1.807, 2.05) is 13.8 Å². The SMILES string of the molecule is CC(C)NC(C)C.CC(C)c1nc(N(C)S(C)(=O)=O)nc(-c2ccc(F)cc2)c1C=C[C@@H](O)C[C@@H](O)CC(=O)O. The fraction of sp³-hybridized carbons (Fsp3) is 0.536. The van der Waals surface area contributed by atoms with Crippen LogP contribution in [0.4, 0.5) is 10.3 Å². The number of halogens is 1. The topological polar surface area (TPSA) is 153 Å². The molecule has 0 bridgehead atoms. The van der Waals surface area contributed by atoms with Crippen LogP contribution in [0.3, 0.4) is 0 Å². The zero-order valence-electron chi connectivity index (χ0n) is 24.5. The third-order valence-electron chi connectivity index (χ3n) is 5.48. The molecule has 4 N–H and O–H groups in total. The Morgan fingerprint density at radius 2 is 1.60 bits per heavy atom. The average Bonchev–Trinajstić information content (AvgIpc) is 2.80. The molecule has 2 aromatic rings. The molecule has 40 heavy (non-hydrogen) atoms. The van der Waals surface area contributed by atoms with Crippen molar-refractivity contribution in [1.29, 1.82) is 0 Å². The maximum Gasteiger partial charge on any atom is 0.305 e. The molecule has 0 aliphatic heterocycles. The highest BCUT2D eigenvalue weighted by Crippen LogP contribution is 2.31. The van der Waals surface area contributed by atoms with Gasteiger partial charge in [-0.25, -0.2) is 27.1 Å². The second kappa shape index (κ2) is 15.8. The van der Waals surface area contributed by atoms with Crippen LogP contribution in [-0.2, 0) is 14.8 Å². The van der Waals surface area contributed by atoms with Crippen LogP contribution in [-0.4, -0.2) is 77.3 Å². The fourth-order valence-corrected chi connectivity index (χ4v) is 4.09. The molecular weight excluding hydrogens is 539 g/mol. The minimum atomic E-state index is -3.65. The lowest BCUT2D eigenvalue weighted by Crippen LogP contribution is -2.29. The second-order valence-corrected chi connectivity index (χ2v) is 12.5. The van der Waals surface area contributed by atoms with Crippen molar-refractivity contribution in [2.75, 3.05) is 17.6 Å². The van der Waals surface area contributed by atoms with Gasteiger partial charge in [-0.15, -0.1) is 0 Å². The zero-order chi connectivity index (χ0) is 30.8. The highest BCUT2D eigenvalue weighted by molar-refractivity contribution is 7.92. The van der Waals surface area contributed by atoms with Crippen LogP contribution in [0, 0.1) is 5.82 Å². The van der Waals surface area contributed by atoms with Gasteiger partial charge in [0, 0.05) is 36.7 Å². The highest BCUT2D eigenvalue weighted by Gasteiger charge is 2.22. The van der Waals surface area contributed by atoms with E-state index in [-0.39, 0.29) is 18.3 Å². The normalized spacial score (nSPS) is 13.4. The second-order valence-electron chi connectivity index (χ2n) is 10.5. The standard InChI is InChI=1S/C22H28FN3O6S.C6H15N/c1-13(2)20-18(10-9-16(27)11-17(28)12-19(29)30)21(14-5-7-15(23)8-6-14)25-22(24-20)26(3)33(4,31)32;1-5(2)7-6(3)4/h5-10,13,16-17,27-28H,11-12H2,1-4H3,(H,29,30);5-7H,1-4H3/t16-,17-;/m1./s1. The first-order chi connectivity index (χ1) is 18.4. The molecule has 224 valence electrons. The first kappa shape index (κ1) is 35.1. The number of nitrogens with zero attached hydrogens (tertiary/aromatic N) is 3. The van der Waals surface area contributed by atoms with Crippen molar-refractivity contribution in [3.63, 3.8) is 0 Å². The van der Waals surface area contributed by atoms with Crippen LogP contribution in [0.2, 0.25) is 0 Å². The van der Waals surface area contributed by atoms with Crippen LogP contribution < -0.4 is 9.62 Å². The van der Waals surface area contributed by atoms with E-state index in [4.69, 9.17) is 5.11 Å². The van der Waals surface area contributed by atoms with E-state index in [1.165, 1.54) is 43.5 Å². The van der Waals surface area contributed by atoms with E-state index in [0.29, 0.717) is 34.6 Å². The number of aliphatic carboxylic acids is 1. The van der Waals surface area contributed by atoms with Crippen LogP contribution in [0.15, 0.2) is 30.3 Å². The van der Waals surface area contributed by atoms with Gasteiger partial charge in [0.05, 0.1) is 36.3 Å². The minimum absolute atomic E-state index is 0.0601. The summed E-state index contributed by atoms with van der Waals surface area (Å²) in [6, 6.07) is 6.74. The number of rotatable bonds is 12. The smallest absolute Gasteiger partial charge is 0.305 e. The molecule has 1 heterocycles. The fourth-order valence-electron chi connectivity index (χ4n) is 3.71. The molecule has 0 saturated heterocycles. The molecule has 2 atom stereocenters. The molecule has 1 aromatic carbocycles. The lowest BCUT2D eigenvalue weighted by molar-refractivity contribution is -0.139. The van der Waals surface area contributed by atoms with E-state index < -0.39 is 40.4 Å². The molecule has 0 fully saturated rings. The molecule has 0 aliphatic rings. The van der Waals surface area contributed by atoms with E-state index in [0.717, 1.165) is 10.6 Å². The van der Waals surface area contributed by atoms with Gasteiger partial charge in [0.1, 0.15) is 5.82 Å². The molecule has 12 heteroatoms. The van der Waals surface area contributed by atoms with Crippen molar-refractivity contribution >= 4 is 28.0 Å². The number of carboxylic acid groups (broad SMARTS) is 1. The van der Waals surface area contributed by atoms with Crippen LogP contribution in [0.25, 0.3) is 17.3 Å². The zero-order valence-corrected chi connectivity index (χ0v) is 25.3. The van der Waals surface area contributed by atoms with E-state index >= 15 is 0 Å². The predicted octanol–water partition coefficient (Wildman–Crippen LogP) is 3.79. The summed E-state index contributed by atoms with van der Waals surface area (Å²) in [6.45, 7) is 12.3. The summed E-state index contributed by atoms with van der Waals surface area (Å²) in [6.07, 6.45) is 0.860. The Morgan fingerprint density at radius 3 is 2.02 bits per heavy atom. The summed E-state index contributed by atoms with van der Waals surface area (Å²) in [5.74, 6) is -1.87. The Hall–Kier alpha value is -2.93. The predicted molar refractivity (Wildman–Crippen MR) is 156 cm³/mol. The van der Waals surface area contributed by atoms with Crippen LogP contribution >= 0.6 is 0 Å². The number of benzene rings is 1. The summed E-state index contributed by atoms with van der Waals surface area (Å²) in [5.41, 5.74) is 1.80. The number of hydrogen-bond acceptors (Lipinski definition) is 8. The Morgan fingerprint density at radius 1 is 1.05 bits per heavy atom. The maximum absolute atomic E-state index is 13.5. The van der Waals surface area contributed by atoms with Crippen molar-refractivity contribution in [3.05, 3.63) is 47.4 Å². The third kappa shape index (κ3) is 12.1. The van der Waals surface area contributed by atoms with Gasteiger partial charge in [-0.3, -0.25) is 4.79 Å². The van der Waals surface area contributed by atoms with Gasteiger partial charge in [-0.1, -0.05) is 53.7 Å². The monoisotopic (exact) mass is 582 g/mol. The van der Waals surface area contributed by atoms with Gasteiger partial charge in [0.15, 0.2) is 0 Å². The van der Waals surface area contributed by atoms with Gasteiger partial charge >= 0.3 is 5.97 Å². The number of aliphatic hydroxyl groups is 2. The van der Waals surface area contributed by atoms with Crippen molar-refractivity contribution in [2.45, 2.75) is 84.6 Å². The first-order valence-electron chi connectivity index (χ1n) is 13.1. The largest absolute Gasteiger partial charge is 0.481 e. The van der Waals surface area contributed by atoms with Crippen LogP contribution in [0.1, 0.15) is 71.6 Å². The van der Waals surface area contributed by atoms with Crippen molar-refractivity contribution in [2.24, 2.45) is 0 Å². The highest BCUT2D eigenvalue weighted by atomic mass is 32.2. The minimum Gasteiger partial charge on any atom is -0.481 e. The number of hydrogen-bond donors (Lipinski definition) is 4. The Bertz CT molecular complexity index is 1230. The molecule has 0 spiro atoms. The summed E-state index contributed by atoms with van der Waals surface area (Å²) < 4.78 is 38.6. The molecule has 0 aliphatic carbocycles. The van der Waals surface area contributed by atoms with Crippen molar-refractivity contribution < 1.29 is 32.9 Å². The number of aromatic nitrogens is 2. The van der Waals surface area contributed by atoms with Gasteiger partial charge < -0.3 is 20.6 Å². The van der Waals surface area contributed by atoms with Gasteiger partial charge in [-0.05, 0) is 30.2 Å². The van der Waals surface area contributed by atoms with Gasteiger partial charge in [0.25, 0.3) is 0 Å². The quantitative estimate of drug-likeness (QED) is 0.293. The summed E-state index contributed by atoms with van der Waals surface area (Å²) in [4.78, 5) is 19.6. The Balaban J connectivity index is 0.00000101. The lowest BCUT2D eigenvalue weighted by atomic mass is 9.97. The molecule has 10 nitrogen and oxygen atoms in total. The molecule has 1 aromatic heterocycles. The van der Waals surface area contributed by atoms with Crippen molar-refractivity contribution in [3.8, 4) is 11.3 Å². The molecule has 2 rings (SSSR count). The maximum atomic E-state index is 13.5. The van der Waals surface area contributed by atoms with E-state index in [9.17, 15) is 27.8 Å². The summed E-state index contributed by atoms with van der Waals surface area (Å²) in [5, 5.41) is 32.1. The van der Waals surface area contributed by atoms with Crippen molar-refractivity contribution in [1.82, 2.24) is 15.3 Å². The number of aliphatic hydroxyl groups excluding tert-OH is 2. The molecule has 0 radical (unpaired) electrons. The molecule has 0 amide bonds. The number of carboxylic acids is 1. The molecule has 0 saturated carbocycles. The third-order valence-corrected chi connectivity index (χ3v) is 6.64. The lowest BCUT2D eigenvalue weighted by Gasteiger charge is -2.20. The molecule has 0 unspecified atom stereocenters. The number of carbonyl (C=O) groups is 1. The number of anilines is 1. The molecular formula is C28H43FN4O6S. The van der Waals surface area contributed by atoms with Gasteiger partial charge in [-0.2, -0.15) is 0 Å².